The maximum Gasteiger partial charge on any atom is 0.350 e. The first-order valence-electron chi connectivity index (χ1n) is 5.16. The van der Waals surface area contributed by atoms with E-state index in [2.05, 4.69) is 9.84 Å². The van der Waals surface area contributed by atoms with E-state index < -0.39 is 41.4 Å². The van der Waals surface area contributed by atoms with Crippen LogP contribution in [0.25, 0.3) is 0 Å². The number of hydrogen-bond acceptors (Lipinski definition) is 5. The van der Waals surface area contributed by atoms with Crippen molar-refractivity contribution in [2.75, 3.05) is 6.61 Å². The summed E-state index contributed by atoms with van der Waals surface area (Å²) < 4.78 is 29.4. The molecule has 1 rings (SSSR count). The molecule has 0 saturated carbocycles. The van der Waals surface area contributed by atoms with Crippen LogP contribution in [-0.2, 0) is 11.3 Å². The van der Waals surface area contributed by atoms with E-state index in [1.54, 1.807) is 0 Å². The summed E-state index contributed by atoms with van der Waals surface area (Å²) in [4.78, 5) is 20.5. The summed E-state index contributed by atoms with van der Waals surface area (Å²) in [6.45, 7) is 0.232. The number of nitrogens with zero attached hydrogens (tertiary/aromatic N) is 3. The average Bonchev–Trinajstić information content (AvgIpc) is 2.69. The number of aliphatic carboxylic acids is 1. The SMILES string of the molecule is C[C@@H](Cn1cc([N+](=O)[O-])c(OCC(F)F)n1)C(=O)O. The van der Waals surface area contributed by atoms with Crippen LogP contribution >= 0.6 is 0 Å². The summed E-state index contributed by atoms with van der Waals surface area (Å²) in [5.41, 5.74) is -0.585. The molecule has 1 aromatic rings. The Labute approximate surface area is 105 Å². The zero-order valence-corrected chi connectivity index (χ0v) is 9.82. The summed E-state index contributed by atoms with van der Waals surface area (Å²) in [6.07, 6.45) is -1.84. The van der Waals surface area contributed by atoms with Crippen LogP contribution in [0.1, 0.15) is 6.92 Å². The van der Waals surface area contributed by atoms with E-state index in [0.717, 1.165) is 10.9 Å². The minimum atomic E-state index is -2.79. The van der Waals surface area contributed by atoms with Crippen LogP contribution in [0.2, 0.25) is 0 Å². The number of ether oxygens (including phenoxy) is 1. The quantitative estimate of drug-likeness (QED) is 0.592. The molecule has 0 aromatic carbocycles. The van der Waals surface area contributed by atoms with Gasteiger partial charge < -0.3 is 9.84 Å². The largest absolute Gasteiger partial charge is 0.481 e. The van der Waals surface area contributed by atoms with E-state index in [1.807, 2.05) is 0 Å². The molecule has 0 aliphatic carbocycles. The molecule has 0 radical (unpaired) electrons. The fourth-order valence-corrected chi connectivity index (χ4v) is 1.22. The van der Waals surface area contributed by atoms with E-state index in [0.29, 0.717) is 0 Å². The van der Waals surface area contributed by atoms with Crippen molar-refractivity contribution in [2.24, 2.45) is 5.92 Å². The molecule has 0 saturated heterocycles. The summed E-state index contributed by atoms with van der Waals surface area (Å²) in [7, 11) is 0. The lowest BCUT2D eigenvalue weighted by Crippen LogP contribution is -2.17. The maximum atomic E-state index is 12.0. The summed E-state index contributed by atoms with van der Waals surface area (Å²) in [5.74, 6) is -2.49. The van der Waals surface area contributed by atoms with Gasteiger partial charge in [0.1, 0.15) is 6.20 Å². The number of carbonyl (C=O) groups is 1. The molecule has 0 fully saturated rings. The van der Waals surface area contributed by atoms with Crippen LogP contribution in [0.15, 0.2) is 6.20 Å². The molecule has 106 valence electrons. The average molecular weight is 279 g/mol. The molecule has 8 nitrogen and oxygen atoms in total. The number of alkyl halides is 2. The fourth-order valence-electron chi connectivity index (χ4n) is 1.22. The van der Waals surface area contributed by atoms with Gasteiger partial charge in [0.15, 0.2) is 6.61 Å². The second kappa shape index (κ2) is 6.07. The molecule has 0 aliphatic heterocycles. The van der Waals surface area contributed by atoms with Gasteiger partial charge in [-0.25, -0.2) is 8.78 Å². The van der Waals surface area contributed by atoms with Gasteiger partial charge in [0, 0.05) is 0 Å². The maximum absolute atomic E-state index is 12.0. The van der Waals surface area contributed by atoms with Crippen LogP contribution < -0.4 is 4.74 Å². The van der Waals surface area contributed by atoms with E-state index >= 15 is 0 Å². The van der Waals surface area contributed by atoms with Crippen LogP contribution in [0.5, 0.6) is 5.88 Å². The van der Waals surface area contributed by atoms with Crippen LogP contribution in [0, 0.1) is 16.0 Å². The van der Waals surface area contributed by atoms with Crippen molar-refractivity contribution in [3.8, 4) is 5.88 Å². The Balaban J connectivity index is 2.87. The summed E-state index contributed by atoms with van der Waals surface area (Å²) in [5, 5.41) is 22.9. The van der Waals surface area contributed by atoms with Crippen molar-refractivity contribution in [3.05, 3.63) is 16.3 Å². The monoisotopic (exact) mass is 279 g/mol. The van der Waals surface area contributed by atoms with Crippen LogP contribution in [0.4, 0.5) is 14.5 Å². The number of rotatable bonds is 7. The van der Waals surface area contributed by atoms with Crippen molar-refractivity contribution < 1.29 is 28.3 Å². The number of aromatic nitrogens is 2. The van der Waals surface area contributed by atoms with E-state index in [4.69, 9.17) is 5.11 Å². The Hall–Kier alpha value is -2.26. The zero-order chi connectivity index (χ0) is 14.6. The second-order valence-corrected chi connectivity index (χ2v) is 3.74. The highest BCUT2D eigenvalue weighted by atomic mass is 19.3. The van der Waals surface area contributed by atoms with Gasteiger partial charge in [-0.1, -0.05) is 6.92 Å². The number of carboxylic acid groups (broad SMARTS) is 1. The van der Waals surface area contributed by atoms with Gasteiger partial charge in [0.2, 0.25) is 0 Å². The first-order valence-corrected chi connectivity index (χ1v) is 5.16. The molecule has 0 spiro atoms. The van der Waals surface area contributed by atoms with Gasteiger partial charge in [0.05, 0.1) is 17.4 Å². The molecule has 10 heteroatoms. The number of carboxylic acids is 1. The van der Waals surface area contributed by atoms with Crippen molar-refractivity contribution in [1.29, 1.82) is 0 Å². The standard InChI is InChI=1S/C9H11F2N3O5/c1-5(9(15)16)2-13-3-6(14(17)18)8(12-13)19-4-7(10)11/h3,5,7H,2,4H2,1H3,(H,15,16)/t5-/m0/s1. The highest BCUT2D eigenvalue weighted by Crippen LogP contribution is 2.25. The molecular formula is C9H11F2N3O5. The fraction of sp³-hybridized carbons (Fsp3) is 0.556. The van der Waals surface area contributed by atoms with Crippen LogP contribution in [-0.4, -0.2) is 38.8 Å². The molecule has 1 atom stereocenters. The summed E-state index contributed by atoms with van der Waals surface area (Å²) in [6, 6.07) is 0. The van der Waals surface area contributed by atoms with E-state index in [1.165, 1.54) is 6.92 Å². The smallest absolute Gasteiger partial charge is 0.350 e. The molecule has 0 aliphatic rings. The first-order chi connectivity index (χ1) is 8.81. The van der Waals surface area contributed by atoms with Crippen molar-refractivity contribution in [1.82, 2.24) is 9.78 Å². The van der Waals surface area contributed by atoms with Crippen molar-refractivity contribution in [2.45, 2.75) is 19.9 Å². The Bertz CT molecular complexity index is 476. The lowest BCUT2D eigenvalue weighted by Gasteiger charge is -2.04. The highest BCUT2D eigenvalue weighted by Gasteiger charge is 2.23. The number of halogens is 2. The minimum Gasteiger partial charge on any atom is -0.481 e. The highest BCUT2D eigenvalue weighted by molar-refractivity contribution is 5.69. The number of hydrogen-bond donors (Lipinski definition) is 1. The molecule has 0 bridgehead atoms. The van der Waals surface area contributed by atoms with Gasteiger partial charge in [-0.05, 0) is 0 Å². The number of nitro groups is 1. The molecule has 1 aromatic heterocycles. The van der Waals surface area contributed by atoms with Gasteiger partial charge >= 0.3 is 17.5 Å². The molecule has 19 heavy (non-hydrogen) atoms. The summed E-state index contributed by atoms with van der Waals surface area (Å²) >= 11 is 0. The topological polar surface area (TPSA) is 107 Å². The minimum absolute atomic E-state index is 0.131. The zero-order valence-electron chi connectivity index (χ0n) is 9.82. The van der Waals surface area contributed by atoms with Gasteiger partial charge in [-0.3, -0.25) is 19.6 Å². The predicted octanol–water partition coefficient (Wildman–Crippen LogP) is 1.16. The third-order valence-electron chi connectivity index (χ3n) is 2.13. The van der Waals surface area contributed by atoms with E-state index in [9.17, 15) is 23.7 Å². The third-order valence-corrected chi connectivity index (χ3v) is 2.13. The molecular weight excluding hydrogens is 268 g/mol. The molecule has 0 unspecified atom stereocenters. The van der Waals surface area contributed by atoms with Gasteiger partial charge in [-0.15, -0.1) is 5.10 Å². The van der Waals surface area contributed by atoms with Gasteiger partial charge in [-0.2, -0.15) is 0 Å². The van der Waals surface area contributed by atoms with Crippen molar-refractivity contribution >= 4 is 11.7 Å². The molecule has 1 heterocycles. The molecule has 0 amide bonds. The normalized spacial score (nSPS) is 12.4. The Kier molecular flexibility index (Phi) is 4.73. The predicted molar refractivity (Wildman–Crippen MR) is 57.2 cm³/mol. The Morgan fingerprint density at radius 2 is 2.32 bits per heavy atom. The Morgan fingerprint density at radius 1 is 1.68 bits per heavy atom. The third kappa shape index (κ3) is 4.16. The van der Waals surface area contributed by atoms with Gasteiger partial charge in [0.25, 0.3) is 6.43 Å². The lowest BCUT2D eigenvalue weighted by molar-refractivity contribution is -0.386. The molecule has 1 N–H and O–H groups in total. The van der Waals surface area contributed by atoms with Crippen LogP contribution in [0.3, 0.4) is 0 Å². The van der Waals surface area contributed by atoms with Crippen molar-refractivity contribution in [3.63, 3.8) is 0 Å². The van der Waals surface area contributed by atoms with E-state index in [-0.39, 0.29) is 6.54 Å². The second-order valence-electron chi connectivity index (χ2n) is 3.74. The lowest BCUT2D eigenvalue weighted by atomic mass is 10.2. The Morgan fingerprint density at radius 3 is 2.79 bits per heavy atom. The first kappa shape index (κ1) is 14.8.